The highest BCUT2D eigenvalue weighted by atomic mass is 16.7. The average Bonchev–Trinajstić information content (AvgIpc) is 2.98. The predicted octanol–water partition coefficient (Wildman–Crippen LogP) is 1.95. The summed E-state index contributed by atoms with van der Waals surface area (Å²) in [5.41, 5.74) is -4.34. The summed E-state index contributed by atoms with van der Waals surface area (Å²) in [7, 11) is 0. The minimum atomic E-state index is -1.46. The lowest BCUT2D eigenvalue weighted by molar-refractivity contribution is -0.420. The Morgan fingerprint density at radius 3 is 0.886 bits per heavy atom. The number of non-ortho nitro benzene ring substituents is 2. The van der Waals surface area contributed by atoms with Gasteiger partial charge in [-0.2, -0.15) is 0 Å². The molecule has 2 N–H and O–H groups in total. The first-order valence-corrected chi connectivity index (χ1v) is 11.2. The molecule has 0 spiro atoms. The molecule has 0 saturated carbocycles. The molecule has 22 heteroatoms. The van der Waals surface area contributed by atoms with E-state index in [1.165, 1.54) is 0 Å². The van der Waals surface area contributed by atoms with Gasteiger partial charge in [-0.05, 0) is 12.1 Å². The third-order valence-electron chi connectivity index (χ3n) is 4.99. The summed E-state index contributed by atoms with van der Waals surface area (Å²) >= 11 is 0. The maximum atomic E-state index is 11.1. The lowest BCUT2D eigenvalue weighted by atomic mass is 10.2. The predicted molar refractivity (Wildman–Crippen MR) is 137 cm³/mol. The lowest BCUT2D eigenvalue weighted by Gasteiger charge is -2.06. The summed E-state index contributed by atoms with van der Waals surface area (Å²) in [6.07, 6.45) is 3.83. The van der Waals surface area contributed by atoms with Crippen molar-refractivity contribution in [3.05, 3.63) is 134 Å². The fourth-order valence-corrected chi connectivity index (χ4v) is 3.04. The van der Waals surface area contributed by atoms with E-state index in [2.05, 4.69) is 9.97 Å². The zero-order chi connectivity index (χ0) is 33.1. The summed E-state index contributed by atoms with van der Waals surface area (Å²) in [4.78, 5) is 61.3. The van der Waals surface area contributed by atoms with Crippen molar-refractivity contribution in [1.82, 2.24) is 0 Å². The molecule has 0 aliphatic carbocycles. The number of benzene rings is 2. The van der Waals surface area contributed by atoms with E-state index in [0.29, 0.717) is 24.3 Å². The molecule has 0 amide bonds. The van der Waals surface area contributed by atoms with Crippen LogP contribution in [0.5, 0.6) is 11.5 Å². The number of hydrogen-bond acceptors (Lipinski definition) is 14. The van der Waals surface area contributed by atoms with Gasteiger partial charge >= 0.3 is 0 Å². The fraction of sp³-hybridized carbons (Fsp3) is 0. The van der Waals surface area contributed by atoms with E-state index in [4.69, 9.17) is 0 Å². The van der Waals surface area contributed by atoms with Crippen LogP contribution in [-0.2, 0) is 0 Å². The summed E-state index contributed by atoms with van der Waals surface area (Å²) in [6.45, 7) is 0. The van der Waals surface area contributed by atoms with Gasteiger partial charge < -0.3 is 10.2 Å². The van der Waals surface area contributed by atoms with E-state index >= 15 is 0 Å². The SMILES string of the molecule is O=[N+]([O-])c1cc([N+](=O)[O-])c([O-])c([N+](=O)[O-])c1.O=[N+]([O-])c1cc([N+](=O)[O-])c([O-])c([N+](=O)[O-])c1.c1ccc(-c2cccc[nH+]2)[nH+]c1. The zero-order valence-corrected chi connectivity index (χ0v) is 21.3. The number of hydrogen-bond donors (Lipinski definition) is 0. The molecule has 0 saturated heterocycles. The van der Waals surface area contributed by atoms with E-state index in [9.17, 15) is 70.9 Å². The highest BCUT2D eigenvalue weighted by Gasteiger charge is 2.25. The summed E-state index contributed by atoms with van der Waals surface area (Å²) in [6, 6.07) is 13.5. The van der Waals surface area contributed by atoms with Gasteiger partial charge in [-0.25, -0.2) is 9.97 Å². The van der Waals surface area contributed by atoms with Crippen LogP contribution in [0.15, 0.2) is 73.1 Å². The van der Waals surface area contributed by atoms with Gasteiger partial charge in [-0.15, -0.1) is 0 Å². The summed E-state index contributed by atoms with van der Waals surface area (Å²) < 4.78 is 0. The van der Waals surface area contributed by atoms with Crippen molar-refractivity contribution in [3.8, 4) is 22.9 Å². The first-order valence-electron chi connectivity index (χ1n) is 11.2. The third kappa shape index (κ3) is 8.37. The number of pyridine rings is 2. The van der Waals surface area contributed by atoms with E-state index in [1.54, 1.807) is 0 Å². The molecule has 2 aromatic heterocycles. The normalized spacial score (nSPS) is 9.73. The quantitative estimate of drug-likeness (QED) is 0.212. The van der Waals surface area contributed by atoms with Crippen molar-refractivity contribution in [1.29, 1.82) is 0 Å². The van der Waals surface area contributed by atoms with Crippen LogP contribution in [0.4, 0.5) is 34.1 Å². The summed E-state index contributed by atoms with van der Waals surface area (Å²) in [5.74, 6) is -2.92. The van der Waals surface area contributed by atoms with Gasteiger partial charge in [-0.1, -0.05) is 0 Å². The van der Waals surface area contributed by atoms with E-state index in [1.807, 2.05) is 48.8 Å². The Morgan fingerprint density at radius 1 is 0.432 bits per heavy atom. The largest absolute Gasteiger partial charge is 0.863 e. The van der Waals surface area contributed by atoms with Crippen LogP contribution in [0.1, 0.15) is 0 Å². The third-order valence-corrected chi connectivity index (χ3v) is 4.99. The molecule has 44 heavy (non-hydrogen) atoms. The second kappa shape index (κ2) is 14.4. The molecule has 0 aliphatic heterocycles. The smallest absolute Gasteiger partial charge is 0.283 e. The van der Waals surface area contributed by atoms with Crippen LogP contribution in [0.2, 0.25) is 0 Å². The van der Waals surface area contributed by atoms with Gasteiger partial charge in [0, 0.05) is 24.3 Å². The van der Waals surface area contributed by atoms with Crippen molar-refractivity contribution < 1.29 is 49.7 Å². The monoisotopic (exact) mass is 614 g/mol. The standard InChI is InChI=1S/C10H8N2.2C6H3N3O7/c1-3-7-11-9(5-1)10-6-2-4-8-12-10;2*10-6-4(8(13)14)1-3(7(11)12)2-5(6)9(15)16/h1-8H;2*1-2,10H. The van der Waals surface area contributed by atoms with Gasteiger partial charge in [0.05, 0.1) is 65.3 Å². The van der Waals surface area contributed by atoms with Gasteiger partial charge in [0.1, 0.15) is 0 Å². The molecule has 0 bridgehead atoms. The Morgan fingerprint density at radius 2 is 0.705 bits per heavy atom. The molecule has 4 aromatic rings. The molecule has 0 aliphatic rings. The molecule has 0 fully saturated rings. The van der Waals surface area contributed by atoms with Crippen molar-refractivity contribution >= 4 is 34.1 Å². The molecule has 4 rings (SSSR count). The topological polar surface area (TPSA) is 333 Å². The number of H-pyrrole nitrogens is 2. The van der Waals surface area contributed by atoms with Crippen molar-refractivity contribution in [3.63, 3.8) is 0 Å². The highest BCUT2D eigenvalue weighted by Crippen LogP contribution is 2.38. The van der Waals surface area contributed by atoms with Crippen molar-refractivity contribution in [2.75, 3.05) is 0 Å². The number of rotatable bonds is 7. The maximum Gasteiger partial charge on any atom is 0.283 e. The molecular formula is C22H14N8O14. The van der Waals surface area contributed by atoms with Gasteiger partial charge in [0.25, 0.3) is 45.5 Å². The van der Waals surface area contributed by atoms with Crippen LogP contribution in [-0.4, -0.2) is 29.5 Å². The molecule has 0 unspecified atom stereocenters. The van der Waals surface area contributed by atoms with Crippen LogP contribution < -0.4 is 20.2 Å². The average molecular weight is 614 g/mol. The summed E-state index contributed by atoms with van der Waals surface area (Å²) in [5, 5.41) is 84.2. The van der Waals surface area contributed by atoms with Gasteiger partial charge in [-0.3, -0.25) is 60.7 Å². The Balaban J connectivity index is 0.000000232. The van der Waals surface area contributed by atoms with Crippen LogP contribution in [0.3, 0.4) is 0 Å². The number of nitro groups is 6. The first-order chi connectivity index (χ1) is 20.6. The maximum absolute atomic E-state index is 11.1. The van der Waals surface area contributed by atoms with Crippen LogP contribution in [0, 0.1) is 60.7 Å². The van der Waals surface area contributed by atoms with Crippen molar-refractivity contribution in [2.45, 2.75) is 0 Å². The number of nitrogens with one attached hydrogen (secondary N) is 2. The second-order valence-corrected chi connectivity index (χ2v) is 7.72. The van der Waals surface area contributed by atoms with E-state index < -0.39 is 75.2 Å². The number of aromatic nitrogens is 2. The van der Waals surface area contributed by atoms with Crippen LogP contribution in [0.25, 0.3) is 11.4 Å². The molecular weight excluding hydrogens is 600 g/mol. The van der Waals surface area contributed by atoms with Gasteiger partial charge in [0.15, 0.2) is 12.4 Å². The second-order valence-electron chi connectivity index (χ2n) is 7.72. The number of nitro benzene ring substituents is 6. The molecule has 2 heterocycles. The number of nitrogens with zero attached hydrogens (tertiary/aromatic N) is 6. The van der Waals surface area contributed by atoms with E-state index in [0.717, 1.165) is 11.4 Å². The minimum Gasteiger partial charge on any atom is -0.863 e. The lowest BCUT2D eigenvalue weighted by Crippen LogP contribution is -2.13. The minimum absolute atomic E-state index is 0.384. The van der Waals surface area contributed by atoms with Crippen LogP contribution >= 0.6 is 0 Å². The Bertz CT molecular complexity index is 1550. The van der Waals surface area contributed by atoms with E-state index in [-0.39, 0.29) is 0 Å². The van der Waals surface area contributed by atoms with Gasteiger partial charge in [0.2, 0.25) is 0 Å². The van der Waals surface area contributed by atoms with Crippen molar-refractivity contribution in [2.24, 2.45) is 0 Å². The molecule has 2 aromatic carbocycles. The molecule has 226 valence electrons. The highest BCUT2D eigenvalue weighted by molar-refractivity contribution is 5.64. The molecule has 0 atom stereocenters. The zero-order valence-electron chi connectivity index (χ0n) is 21.3. The molecule has 0 radical (unpaired) electrons. The molecule has 22 nitrogen and oxygen atoms in total. The first kappa shape index (κ1) is 32.9. The number of aromatic amines is 2. The Hall–Kier alpha value is -7.26. The fourth-order valence-electron chi connectivity index (χ4n) is 3.04. The Labute approximate surface area is 241 Å². The Kier molecular flexibility index (Phi) is 10.8.